The number of ketones is 1. The summed E-state index contributed by atoms with van der Waals surface area (Å²) < 4.78 is 5.79. The number of rotatable bonds is 9. The molecule has 1 saturated heterocycles. The first kappa shape index (κ1) is 23.0. The van der Waals surface area contributed by atoms with Gasteiger partial charge in [0.2, 0.25) is 0 Å². The van der Waals surface area contributed by atoms with Crippen molar-refractivity contribution in [3.8, 4) is 0 Å². The van der Waals surface area contributed by atoms with E-state index < -0.39 is 0 Å². The molecular formula is C26H39NO3. The average Bonchev–Trinajstić information content (AvgIpc) is 3.03. The second-order valence-corrected chi connectivity index (χ2v) is 9.26. The van der Waals surface area contributed by atoms with Crippen molar-refractivity contribution in [2.24, 2.45) is 11.3 Å². The lowest BCUT2D eigenvalue weighted by molar-refractivity contribution is -0.150. The predicted molar refractivity (Wildman–Crippen MR) is 121 cm³/mol. The molecule has 0 radical (unpaired) electrons. The fraction of sp³-hybridized carbons (Fsp3) is 0.692. The quantitative estimate of drug-likeness (QED) is 0.475. The van der Waals surface area contributed by atoms with E-state index in [0.29, 0.717) is 12.3 Å². The smallest absolute Gasteiger partial charge is 0.312 e. The molecule has 4 nitrogen and oxygen atoms in total. The molecule has 1 atom stereocenters. The number of nitrogens with zero attached hydrogens (tertiary/aromatic N) is 1. The summed E-state index contributed by atoms with van der Waals surface area (Å²) in [5.74, 6) is 0.837. The van der Waals surface area contributed by atoms with Crippen LogP contribution in [0.1, 0.15) is 78.1 Å². The van der Waals surface area contributed by atoms with Crippen LogP contribution in [0.2, 0.25) is 0 Å². The fourth-order valence-electron chi connectivity index (χ4n) is 5.18. The van der Waals surface area contributed by atoms with Gasteiger partial charge >= 0.3 is 5.97 Å². The molecule has 0 aromatic carbocycles. The standard InChI is InChI=1S/C26H39NO3/c1-3-27(4-2)19-16-23-20-26(25(29)30-23)17-14-21(15-18-26)12-13-24(28)22-10-8-6-5-7-9-11-22/h6,8-11,21,23H,3-5,7,12-20H2,1-2H3/b8-6-,11-9?,22-10?/t21?,23-,26?/m0/s1. The van der Waals surface area contributed by atoms with Crippen molar-refractivity contribution in [1.29, 1.82) is 0 Å². The molecule has 2 aliphatic carbocycles. The number of cyclic esters (lactones) is 1. The van der Waals surface area contributed by atoms with Crippen molar-refractivity contribution in [3.05, 3.63) is 36.0 Å². The number of allylic oxidation sites excluding steroid dienone is 6. The van der Waals surface area contributed by atoms with E-state index in [0.717, 1.165) is 83.0 Å². The molecule has 0 aromatic rings. The molecule has 3 aliphatic rings. The van der Waals surface area contributed by atoms with Crippen molar-refractivity contribution in [2.45, 2.75) is 84.2 Å². The SMILES string of the molecule is CCN(CC)CC[C@H]1CC2(CCC(CCC(=O)C3=C/C=C\CCC=C3)CC2)C(=O)O1. The molecule has 0 N–H and O–H groups in total. The minimum absolute atomic E-state index is 0.0400. The lowest BCUT2D eigenvalue weighted by Crippen LogP contribution is -2.32. The van der Waals surface area contributed by atoms with Crippen LogP contribution < -0.4 is 0 Å². The summed E-state index contributed by atoms with van der Waals surface area (Å²) in [5.41, 5.74) is 0.581. The number of hydrogen-bond acceptors (Lipinski definition) is 4. The first-order chi connectivity index (χ1) is 14.6. The minimum atomic E-state index is -0.246. The van der Waals surface area contributed by atoms with Gasteiger partial charge in [-0.25, -0.2) is 0 Å². The van der Waals surface area contributed by atoms with Crippen molar-refractivity contribution < 1.29 is 14.3 Å². The Hall–Kier alpha value is -1.68. The molecule has 1 spiro atoms. The highest BCUT2D eigenvalue weighted by Gasteiger charge is 2.50. The Morgan fingerprint density at radius 3 is 2.60 bits per heavy atom. The Labute approximate surface area is 182 Å². The normalized spacial score (nSPS) is 30.1. The molecule has 0 amide bonds. The number of Topliss-reactive ketones (excluding diaryl/α,β-unsaturated/α-hetero) is 1. The van der Waals surface area contributed by atoms with Gasteiger partial charge in [-0.15, -0.1) is 0 Å². The second-order valence-electron chi connectivity index (χ2n) is 9.26. The van der Waals surface area contributed by atoms with E-state index in [9.17, 15) is 9.59 Å². The van der Waals surface area contributed by atoms with Gasteiger partial charge in [-0.1, -0.05) is 44.2 Å². The zero-order valence-corrected chi connectivity index (χ0v) is 18.9. The van der Waals surface area contributed by atoms with E-state index in [4.69, 9.17) is 4.74 Å². The Balaban J connectivity index is 1.44. The van der Waals surface area contributed by atoms with E-state index in [1.54, 1.807) is 0 Å². The van der Waals surface area contributed by atoms with Gasteiger partial charge in [0, 0.05) is 25.0 Å². The van der Waals surface area contributed by atoms with Gasteiger partial charge < -0.3 is 9.64 Å². The number of hydrogen-bond donors (Lipinski definition) is 0. The molecule has 0 bridgehead atoms. The third kappa shape index (κ3) is 5.94. The summed E-state index contributed by atoms with van der Waals surface area (Å²) >= 11 is 0. The molecule has 1 saturated carbocycles. The molecule has 1 aliphatic heterocycles. The van der Waals surface area contributed by atoms with Crippen molar-refractivity contribution in [2.75, 3.05) is 19.6 Å². The van der Waals surface area contributed by atoms with Crippen molar-refractivity contribution >= 4 is 11.8 Å². The van der Waals surface area contributed by atoms with Crippen LogP contribution in [0.15, 0.2) is 36.0 Å². The van der Waals surface area contributed by atoms with Crippen LogP contribution in [-0.2, 0) is 14.3 Å². The monoisotopic (exact) mass is 413 g/mol. The summed E-state index contributed by atoms with van der Waals surface area (Å²) in [6.45, 7) is 7.46. The van der Waals surface area contributed by atoms with Gasteiger partial charge in [-0.05, 0) is 70.4 Å². The summed E-state index contributed by atoms with van der Waals surface area (Å²) in [5, 5.41) is 0. The first-order valence-corrected chi connectivity index (χ1v) is 12.1. The summed E-state index contributed by atoms with van der Waals surface area (Å²) in [7, 11) is 0. The molecule has 3 rings (SSSR count). The molecule has 1 heterocycles. The first-order valence-electron chi connectivity index (χ1n) is 12.1. The van der Waals surface area contributed by atoms with Crippen LogP contribution in [0.4, 0.5) is 0 Å². The average molecular weight is 414 g/mol. The maximum absolute atomic E-state index is 12.7. The molecule has 30 heavy (non-hydrogen) atoms. The van der Waals surface area contributed by atoms with Crippen LogP contribution in [0.5, 0.6) is 0 Å². The number of carbonyl (C=O) groups is 2. The number of ether oxygens (including phenoxy) is 1. The third-order valence-electron chi connectivity index (χ3n) is 7.36. The largest absolute Gasteiger partial charge is 0.462 e. The lowest BCUT2D eigenvalue weighted by atomic mass is 9.68. The third-order valence-corrected chi connectivity index (χ3v) is 7.36. The maximum atomic E-state index is 12.7. The molecule has 166 valence electrons. The summed E-state index contributed by atoms with van der Waals surface area (Å²) in [6, 6.07) is 0. The molecule has 0 aromatic heterocycles. The van der Waals surface area contributed by atoms with Crippen molar-refractivity contribution in [3.63, 3.8) is 0 Å². The van der Waals surface area contributed by atoms with Crippen LogP contribution in [0, 0.1) is 11.3 Å². The van der Waals surface area contributed by atoms with Gasteiger partial charge in [-0.3, -0.25) is 9.59 Å². The molecule has 0 unspecified atom stereocenters. The minimum Gasteiger partial charge on any atom is -0.462 e. The highest BCUT2D eigenvalue weighted by molar-refractivity contribution is 5.98. The molecule has 4 heteroatoms. The topological polar surface area (TPSA) is 46.6 Å². The Morgan fingerprint density at radius 2 is 1.87 bits per heavy atom. The zero-order chi connectivity index (χ0) is 21.4. The fourth-order valence-corrected chi connectivity index (χ4v) is 5.18. The highest BCUT2D eigenvalue weighted by Crippen LogP contribution is 2.49. The maximum Gasteiger partial charge on any atom is 0.312 e. The Kier molecular flexibility index (Phi) is 8.50. The molecule has 2 fully saturated rings. The second kappa shape index (κ2) is 11.1. The van der Waals surface area contributed by atoms with E-state index in [-0.39, 0.29) is 23.3 Å². The van der Waals surface area contributed by atoms with Crippen LogP contribution in [0.25, 0.3) is 0 Å². The summed E-state index contributed by atoms with van der Waals surface area (Å²) in [4.78, 5) is 27.7. The number of carbonyl (C=O) groups excluding carboxylic acids is 2. The highest BCUT2D eigenvalue weighted by atomic mass is 16.6. The Bertz CT molecular complexity index is 678. The van der Waals surface area contributed by atoms with Gasteiger partial charge in [0.15, 0.2) is 5.78 Å². The van der Waals surface area contributed by atoms with E-state index in [1.807, 2.05) is 18.2 Å². The van der Waals surface area contributed by atoms with Crippen LogP contribution in [0.3, 0.4) is 0 Å². The van der Waals surface area contributed by atoms with Crippen molar-refractivity contribution in [1.82, 2.24) is 4.90 Å². The van der Waals surface area contributed by atoms with Crippen LogP contribution in [-0.4, -0.2) is 42.4 Å². The van der Waals surface area contributed by atoms with Crippen LogP contribution >= 0.6 is 0 Å². The van der Waals surface area contributed by atoms with E-state index in [2.05, 4.69) is 30.9 Å². The zero-order valence-electron chi connectivity index (χ0n) is 18.9. The van der Waals surface area contributed by atoms with Gasteiger partial charge in [0.05, 0.1) is 5.41 Å². The summed E-state index contributed by atoms with van der Waals surface area (Å²) in [6.07, 6.45) is 19.6. The Morgan fingerprint density at radius 1 is 1.13 bits per heavy atom. The predicted octanol–water partition coefficient (Wildman–Crippen LogP) is 5.39. The molecular weight excluding hydrogens is 374 g/mol. The lowest BCUT2D eigenvalue weighted by Gasteiger charge is -2.34. The van der Waals surface area contributed by atoms with E-state index >= 15 is 0 Å². The number of esters is 1. The van der Waals surface area contributed by atoms with Gasteiger partial charge in [0.25, 0.3) is 0 Å². The van der Waals surface area contributed by atoms with E-state index in [1.165, 1.54) is 0 Å². The van der Waals surface area contributed by atoms with Gasteiger partial charge in [0.1, 0.15) is 6.10 Å². The van der Waals surface area contributed by atoms with Gasteiger partial charge in [-0.2, -0.15) is 0 Å².